The van der Waals surface area contributed by atoms with E-state index in [1.807, 2.05) is 6.34 Å². The van der Waals surface area contributed by atoms with E-state index in [1.54, 1.807) is 11.3 Å². The second-order valence-electron chi connectivity index (χ2n) is 9.42. The number of fused-ring (bicyclic) bond motifs is 1. The first-order chi connectivity index (χ1) is 15.6. The number of hydrogen-bond acceptors (Lipinski definition) is 3. The van der Waals surface area contributed by atoms with Gasteiger partial charge in [0, 0.05) is 31.0 Å². The van der Waals surface area contributed by atoms with Gasteiger partial charge in [-0.05, 0) is 98.2 Å². The van der Waals surface area contributed by atoms with Crippen molar-refractivity contribution in [1.82, 2.24) is 9.88 Å². The van der Waals surface area contributed by atoms with Crippen LogP contribution in [0, 0.1) is 6.92 Å². The Kier molecular flexibility index (Phi) is 6.14. The third kappa shape index (κ3) is 4.66. The van der Waals surface area contributed by atoms with E-state index in [9.17, 15) is 0 Å². The van der Waals surface area contributed by atoms with Crippen molar-refractivity contribution in [1.29, 1.82) is 0 Å². The molecule has 2 aliphatic carbocycles. The highest BCUT2D eigenvalue weighted by Gasteiger charge is 2.27. The number of thiazole rings is 1. The molecule has 3 nitrogen and oxygen atoms in total. The first-order valence-corrected chi connectivity index (χ1v) is 12.9. The van der Waals surface area contributed by atoms with E-state index in [0.717, 1.165) is 24.3 Å². The summed E-state index contributed by atoms with van der Waals surface area (Å²) in [5.74, 6) is 0.698. The molecular weight excluding hydrogens is 410 g/mol. The molecule has 1 heterocycles. The molecule has 2 aliphatic rings. The van der Waals surface area contributed by atoms with Crippen molar-refractivity contribution in [3.63, 3.8) is 0 Å². The minimum Gasteiger partial charge on any atom is -0.366 e. The van der Waals surface area contributed by atoms with Gasteiger partial charge in [0.05, 0.1) is 22.7 Å². The molecule has 0 bridgehead atoms. The standard InChI is InChI=1S/C28H33N3S/c1-4-31(3)18-29-26-16-25(21-10-11-21)24(13-19(26)2)15-28-30-27(17-32-28)23-12-9-20-7-5-6-8-22(20)14-23/h9,12-14,16-18,21H,4-8,10-11,15H2,1-3H3/b29-18+. The zero-order valence-corrected chi connectivity index (χ0v) is 20.3. The van der Waals surface area contributed by atoms with Crippen LogP contribution in [0.5, 0.6) is 0 Å². The number of aryl methyl sites for hydroxylation is 3. The van der Waals surface area contributed by atoms with Crippen LogP contribution in [0.1, 0.15) is 71.3 Å². The van der Waals surface area contributed by atoms with E-state index < -0.39 is 0 Å². The van der Waals surface area contributed by atoms with E-state index in [0.29, 0.717) is 5.92 Å². The third-order valence-electron chi connectivity index (χ3n) is 6.91. The minimum atomic E-state index is 0.698. The number of benzene rings is 2. The van der Waals surface area contributed by atoms with E-state index in [-0.39, 0.29) is 0 Å². The van der Waals surface area contributed by atoms with Crippen molar-refractivity contribution in [2.24, 2.45) is 4.99 Å². The summed E-state index contributed by atoms with van der Waals surface area (Å²) in [6.07, 6.45) is 10.6. The topological polar surface area (TPSA) is 28.5 Å². The smallest absolute Gasteiger partial charge is 0.0976 e. The van der Waals surface area contributed by atoms with E-state index in [4.69, 9.17) is 9.98 Å². The van der Waals surface area contributed by atoms with Crippen LogP contribution in [-0.4, -0.2) is 29.8 Å². The molecule has 0 atom stereocenters. The SMILES string of the molecule is CCN(C)/C=N/c1cc(C2CC2)c(Cc2nc(-c3ccc4c(c3)CCCC4)cs2)cc1C. The minimum absolute atomic E-state index is 0.698. The van der Waals surface area contributed by atoms with Gasteiger partial charge in [-0.2, -0.15) is 0 Å². The normalized spacial score (nSPS) is 15.8. The molecule has 166 valence electrons. The highest BCUT2D eigenvalue weighted by Crippen LogP contribution is 2.44. The maximum Gasteiger partial charge on any atom is 0.0976 e. The molecule has 32 heavy (non-hydrogen) atoms. The molecule has 1 saturated carbocycles. The first-order valence-electron chi connectivity index (χ1n) is 12.0. The van der Waals surface area contributed by atoms with Crippen LogP contribution in [0.25, 0.3) is 11.3 Å². The Morgan fingerprint density at radius 1 is 1.12 bits per heavy atom. The molecule has 2 aromatic carbocycles. The molecule has 5 rings (SSSR count). The van der Waals surface area contributed by atoms with E-state index >= 15 is 0 Å². The van der Waals surface area contributed by atoms with Gasteiger partial charge >= 0.3 is 0 Å². The van der Waals surface area contributed by atoms with Crippen molar-refractivity contribution >= 4 is 23.4 Å². The largest absolute Gasteiger partial charge is 0.366 e. The highest BCUT2D eigenvalue weighted by molar-refractivity contribution is 7.10. The number of aliphatic imine (C=N–C) groups is 1. The van der Waals surface area contributed by atoms with Crippen LogP contribution in [-0.2, 0) is 19.3 Å². The van der Waals surface area contributed by atoms with Crippen molar-refractivity contribution in [3.05, 3.63) is 68.5 Å². The molecule has 0 N–H and O–H groups in total. The molecular formula is C28H33N3S. The van der Waals surface area contributed by atoms with Gasteiger partial charge in [0.2, 0.25) is 0 Å². The fourth-order valence-corrected chi connectivity index (χ4v) is 5.49. The van der Waals surface area contributed by atoms with Crippen molar-refractivity contribution in [3.8, 4) is 11.3 Å². The Balaban J connectivity index is 1.39. The summed E-state index contributed by atoms with van der Waals surface area (Å²) < 4.78 is 0. The maximum absolute atomic E-state index is 5.05. The Bertz CT molecular complexity index is 1140. The molecule has 0 amide bonds. The summed E-state index contributed by atoms with van der Waals surface area (Å²) in [4.78, 5) is 11.9. The predicted octanol–water partition coefficient (Wildman–Crippen LogP) is 7.08. The average molecular weight is 444 g/mol. The number of rotatable bonds is 7. The van der Waals surface area contributed by atoms with Crippen molar-refractivity contribution in [2.45, 2.75) is 64.7 Å². The Labute approximate surface area is 196 Å². The van der Waals surface area contributed by atoms with Gasteiger partial charge in [0.1, 0.15) is 0 Å². The van der Waals surface area contributed by atoms with E-state index in [2.05, 4.69) is 61.5 Å². The zero-order valence-electron chi connectivity index (χ0n) is 19.5. The molecule has 0 radical (unpaired) electrons. The van der Waals surface area contributed by atoms with Gasteiger partial charge in [0.15, 0.2) is 0 Å². The van der Waals surface area contributed by atoms with Crippen LogP contribution in [0.2, 0.25) is 0 Å². The van der Waals surface area contributed by atoms with Crippen LogP contribution in [0.15, 0.2) is 40.7 Å². The lowest BCUT2D eigenvalue weighted by molar-refractivity contribution is 0.552. The summed E-state index contributed by atoms with van der Waals surface area (Å²) in [5.41, 5.74) is 10.7. The van der Waals surface area contributed by atoms with Crippen LogP contribution < -0.4 is 0 Å². The third-order valence-corrected chi connectivity index (χ3v) is 7.75. The molecule has 1 aromatic heterocycles. The van der Waals surface area contributed by atoms with Gasteiger partial charge in [-0.1, -0.05) is 18.2 Å². The monoisotopic (exact) mass is 443 g/mol. The van der Waals surface area contributed by atoms with Gasteiger partial charge in [0.25, 0.3) is 0 Å². The fraction of sp³-hybridized carbons (Fsp3) is 0.429. The summed E-state index contributed by atoms with van der Waals surface area (Å²) >= 11 is 1.80. The predicted molar refractivity (Wildman–Crippen MR) is 137 cm³/mol. The van der Waals surface area contributed by atoms with Gasteiger partial charge in [-0.3, -0.25) is 0 Å². The molecule has 1 fully saturated rings. The molecule has 3 aromatic rings. The Morgan fingerprint density at radius 2 is 1.94 bits per heavy atom. The molecule has 0 aliphatic heterocycles. The van der Waals surface area contributed by atoms with Crippen molar-refractivity contribution < 1.29 is 0 Å². The summed E-state index contributed by atoms with van der Waals surface area (Å²) in [7, 11) is 2.07. The second kappa shape index (κ2) is 9.19. The molecule has 0 spiro atoms. The van der Waals surface area contributed by atoms with Gasteiger partial charge in [-0.15, -0.1) is 11.3 Å². The van der Waals surface area contributed by atoms with Crippen LogP contribution in [0.3, 0.4) is 0 Å². The lowest BCUT2D eigenvalue weighted by Crippen LogP contribution is -2.14. The van der Waals surface area contributed by atoms with Crippen LogP contribution in [0.4, 0.5) is 5.69 Å². The zero-order chi connectivity index (χ0) is 22.1. The molecule has 0 saturated heterocycles. The van der Waals surface area contributed by atoms with Crippen LogP contribution >= 0.6 is 11.3 Å². The highest BCUT2D eigenvalue weighted by atomic mass is 32.1. The molecule has 0 unspecified atom stereocenters. The lowest BCUT2D eigenvalue weighted by atomic mass is 9.90. The van der Waals surface area contributed by atoms with Crippen molar-refractivity contribution in [2.75, 3.05) is 13.6 Å². The van der Waals surface area contributed by atoms with Gasteiger partial charge in [-0.25, -0.2) is 9.98 Å². The quantitative estimate of drug-likeness (QED) is 0.288. The number of hydrogen-bond donors (Lipinski definition) is 0. The first kappa shape index (κ1) is 21.4. The molecule has 4 heteroatoms. The summed E-state index contributed by atoms with van der Waals surface area (Å²) in [6, 6.07) is 11.7. The Hall–Kier alpha value is -2.46. The van der Waals surface area contributed by atoms with Gasteiger partial charge < -0.3 is 4.90 Å². The maximum atomic E-state index is 5.05. The Morgan fingerprint density at radius 3 is 2.72 bits per heavy atom. The second-order valence-corrected chi connectivity index (χ2v) is 10.4. The summed E-state index contributed by atoms with van der Waals surface area (Å²) in [6.45, 7) is 5.29. The number of aromatic nitrogens is 1. The lowest BCUT2D eigenvalue weighted by Gasteiger charge is -2.16. The average Bonchev–Trinajstić information content (AvgIpc) is 3.55. The number of nitrogens with zero attached hydrogens (tertiary/aromatic N) is 3. The fourth-order valence-electron chi connectivity index (χ4n) is 4.66. The van der Waals surface area contributed by atoms with E-state index in [1.165, 1.54) is 76.9 Å². The summed E-state index contributed by atoms with van der Waals surface area (Å²) in [5, 5.41) is 3.45.